The summed E-state index contributed by atoms with van der Waals surface area (Å²) in [7, 11) is 0. The summed E-state index contributed by atoms with van der Waals surface area (Å²) in [6.07, 6.45) is 2.36. The molecule has 2 aliphatic heterocycles. The second-order valence-corrected chi connectivity index (χ2v) is 8.19. The molecule has 5 rings (SSSR count). The Kier molecular flexibility index (Phi) is 3.98. The summed E-state index contributed by atoms with van der Waals surface area (Å²) < 4.78 is 7.41. The van der Waals surface area contributed by atoms with Gasteiger partial charge in [-0.05, 0) is 54.7 Å². The molecule has 0 N–H and O–H groups in total. The second kappa shape index (κ2) is 6.45. The first-order chi connectivity index (χ1) is 14.0. The molecule has 0 saturated heterocycles. The Hall–Kier alpha value is -3.14. The van der Waals surface area contributed by atoms with Crippen LogP contribution < -0.4 is 5.56 Å². The summed E-state index contributed by atoms with van der Waals surface area (Å²) in [5, 5.41) is 1.19. The van der Waals surface area contributed by atoms with Gasteiger partial charge < -0.3 is 9.30 Å². The monoisotopic (exact) mass is 384 g/mol. The zero-order valence-corrected chi connectivity index (χ0v) is 17.0. The highest BCUT2D eigenvalue weighted by atomic mass is 16.5. The van der Waals surface area contributed by atoms with E-state index in [0.29, 0.717) is 25.3 Å². The molecule has 0 radical (unpaired) electrons. The smallest absolute Gasteiger partial charge is 0.258 e. The molecule has 2 aliphatic rings. The van der Waals surface area contributed by atoms with Crippen molar-refractivity contribution in [1.29, 1.82) is 0 Å². The Balaban J connectivity index is 1.74. The van der Waals surface area contributed by atoms with Crippen LogP contribution in [0.4, 0.5) is 0 Å². The van der Waals surface area contributed by atoms with Crippen LogP contribution in [0.1, 0.15) is 41.7 Å². The predicted molar refractivity (Wildman–Crippen MR) is 116 cm³/mol. The molecule has 4 heteroatoms. The fourth-order valence-corrected chi connectivity index (χ4v) is 4.66. The lowest BCUT2D eigenvalue weighted by molar-refractivity contribution is 0.180. The number of rotatable bonds is 3. The van der Waals surface area contributed by atoms with Crippen molar-refractivity contribution in [2.45, 2.75) is 46.3 Å². The fourth-order valence-electron chi connectivity index (χ4n) is 4.66. The van der Waals surface area contributed by atoms with Crippen LogP contribution in [0, 0.1) is 0 Å². The van der Waals surface area contributed by atoms with Gasteiger partial charge in [-0.15, -0.1) is 0 Å². The van der Waals surface area contributed by atoms with Crippen molar-refractivity contribution in [1.82, 2.24) is 9.55 Å². The van der Waals surface area contributed by atoms with E-state index in [0.717, 1.165) is 46.4 Å². The van der Waals surface area contributed by atoms with Crippen molar-refractivity contribution in [2.24, 2.45) is 0 Å². The van der Waals surface area contributed by atoms with Gasteiger partial charge in [0.1, 0.15) is 6.61 Å². The lowest BCUT2D eigenvalue weighted by Gasteiger charge is -2.20. The van der Waals surface area contributed by atoms with E-state index in [1.807, 2.05) is 4.57 Å². The summed E-state index contributed by atoms with van der Waals surface area (Å²) in [5.74, 6) is 0.714. The minimum Gasteiger partial charge on any atom is -0.493 e. The number of pyridine rings is 2. The van der Waals surface area contributed by atoms with Gasteiger partial charge in [-0.25, -0.2) is 4.98 Å². The maximum atomic E-state index is 13.2. The highest BCUT2D eigenvalue weighted by molar-refractivity contribution is 5.88. The van der Waals surface area contributed by atoms with Gasteiger partial charge >= 0.3 is 0 Å². The van der Waals surface area contributed by atoms with E-state index in [9.17, 15) is 4.79 Å². The van der Waals surface area contributed by atoms with E-state index in [2.05, 4.69) is 51.3 Å². The lowest BCUT2D eigenvalue weighted by Crippen LogP contribution is -2.27. The Morgan fingerprint density at radius 1 is 1.28 bits per heavy atom. The normalized spacial score (nSPS) is 14.3. The average molecular weight is 384 g/mol. The van der Waals surface area contributed by atoms with Crippen LogP contribution in [0.3, 0.4) is 0 Å². The van der Waals surface area contributed by atoms with E-state index in [1.54, 1.807) is 0 Å². The molecule has 0 bridgehead atoms. The molecule has 2 aromatic heterocycles. The van der Waals surface area contributed by atoms with Crippen molar-refractivity contribution >= 4 is 10.9 Å². The quantitative estimate of drug-likeness (QED) is 0.481. The Bertz CT molecular complexity index is 1280. The van der Waals surface area contributed by atoms with Crippen molar-refractivity contribution < 1.29 is 4.74 Å². The van der Waals surface area contributed by atoms with E-state index in [4.69, 9.17) is 9.72 Å². The number of aryl methyl sites for hydroxylation is 1. The topological polar surface area (TPSA) is 44.1 Å². The van der Waals surface area contributed by atoms with E-state index in [-0.39, 0.29) is 5.56 Å². The molecule has 0 spiro atoms. The number of fused-ring (bicyclic) bond motifs is 5. The molecule has 0 unspecified atom stereocenters. The minimum atomic E-state index is 0.0390. The summed E-state index contributed by atoms with van der Waals surface area (Å²) in [4.78, 5) is 18.2. The Labute approximate surface area is 170 Å². The van der Waals surface area contributed by atoms with Crippen molar-refractivity contribution in [3.05, 3.63) is 86.9 Å². The maximum absolute atomic E-state index is 13.2. The molecular weight excluding hydrogens is 360 g/mol. The predicted octanol–water partition coefficient (Wildman–Crippen LogP) is 4.69. The number of hydrogen-bond acceptors (Lipinski definition) is 3. The van der Waals surface area contributed by atoms with Crippen LogP contribution in [0.2, 0.25) is 0 Å². The summed E-state index contributed by atoms with van der Waals surface area (Å²) in [6, 6.07) is 8.59. The van der Waals surface area contributed by atoms with Crippen LogP contribution in [0.15, 0.2) is 53.6 Å². The first-order valence-corrected chi connectivity index (χ1v) is 10.1. The third-order valence-corrected chi connectivity index (χ3v) is 5.99. The Morgan fingerprint density at radius 2 is 2.10 bits per heavy atom. The average Bonchev–Trinajstić information content (AvgIpc) is 3.04. The van der Waals surface area contributed by atoms with Crippen LogP contribution >= 0.6 is 0 Å². The molecule has 0 saturated carbocycles. The Morgan fingerprint density at radius 3 is 2.86 bits per heavy atom. The molecule has 146 valence electrons. The summed E-state index contributed by atoms with van der Waals surface area (Å²) in [6.45, 7) is 13.1. The van der Waals surface area contributed by atoms with Gasteiger partial charge in [0.15, 0.2) is 0 Å². The molecule has 0 amide bonds. The third kappa shape index (κ3) is 2.74. The molecule has 4 heterocycles. The molecule has 0 atom stereocenters. The fraction of sp³-hybridized carbons (Fsp3) is 0.280. The van der Waals surface area contributed by atoms with Gasteiger partial charge in [0.05, 0.1) is 34.8 Å². The molecule has 0 aliphatic carbocycles. The van der Waals surface area contributed by atoms with Crippen LogP contribution in [-0.4, -0.2) is 9.55 Å². The standard InChI is InChI=1S/C25H24N2O2/c1-5-18-19-10-16(8-14(2)3)6-7-22(19)26-24-20(18)12-27-23(24)11-17-9-15(4)29-13-21(17)25(27)28/h6-7,10-11H,2,4-5,8-9,12-13H2,1,3H3. The molecule has 29 heavy (non-hydrogen) atoms. The van der Waals surface area contributed by atoms with E-state index >= 15 is 0 Å². The highest BCUT2D eigenvalue weighted by Crippen LogP contribution is 2.37. The SMILES string of the molecule is C=C(C)Cc1ccc2nc3c(c(CC)c2c1)Cn1c-3cc2c(c1=O)COC(=C)C2. The van der Waals surface area contributed by atoms with Gasteiger partial charge in [-0.3, -0.25) is 4.79 Å². The number of allylic oxidation sites excluding steroid dienone is 2. The summed E-state index contributed by atoms with van der Waals surface area (Å²) >= 11 is 0. The van der Waals surface area contributed by atoms with Gasteiger partial charge in [-0.2, -0.15) is 0 Å². The zero-order valence-electron chi connectivity index (χ0n) is 17.0. The van der Waals surface area contributed by atoms with Crippen LogP contribution in [0.5, 0.6) is 0 Å². The minimum absolute atomic E-state index is 0.0390. The number of nitrogens with zero attached hydrogens (tertiary/aromatic N) is 2. The zero-order chi connectivity index (χ0) is 20.3. The molecular formula is C25H24N2O2. The maximum Gasteiger partial charge on any atom is 0.258 e. The number of ether oxygens (including phenoxy) is 1. The van der Waals surface area contributed by atoms with Crippen molar-refractivity contribution in [3.8, 4) is 11.4 Å². The first-order valence-electron chi connectivity index (χ1n) is 10.1. The summed E-state index contributed by atoms with van der Waals surface area (Å²) in [5.41, 5.74) is 9.50. The van der Waals surface area contributed by atoms with E-state index < -0.39 is 0 Å². The number of hydrogen-bond donors (Lipinski definition) is 0. The second-order valence-electron chi connectivity index (χ2n) is 8.19. The molecule has 1 aromatic carbocycles. The van der Waals surface area contributed by atoms with Gasteiger partial charge in [0, 0.05) is 17.4 Å². The highest BCUT2D eigenvalue weighted by Gasteiger charge is 2.29. The lowest BCUT2D eigenvalue weighted by atomic mass is 9.95. The third-order valence-electron chi connectivity index (χ3n) is 5.99. The van der Waals surface area contributed by atoms with Gasteiger partial charge in [0.25, 0.3) is 5.56 Å². The van der Waals surface area contributed by atoms with Gasteiger partial charge in [0.2, 0.25) is 0 Å². The van der Waals surface area contributed by atoms with Gasteiger partial charge in [-0.1, -0.05) is 31.7 Å². The van der Waals surface area contributed by atoms with Crippen LogP contribution in [-0.2, 0) is 37.2 Å². The van der Waals surface area contributed by atoms with Crippen molar-refractivity contribution in [3.63, 3.8) is 0 Å². The molecule has 4 nitrogen and oxygen atoms in total. The molecule has 0 fully saturated rings. The largest absolute Gasteiger partial charge is 0.493 e. The number of benzene rings is 1. The van der Waals surface area contributed by atoms with Crippen molar-refractivity contribution in [2.75, 3.05) is 0 Å². The van der Waals surface area contributed by atoms with Crippen LogP contribution in [0.25, 0.3) is 22.3 Å². The van der Waals surface area contributed by atoms with E-state index in [1.165, 1.54) is 22.1 Å². The first kappa shape index (κ1) is 17.9. The number of aromatic nitrogens is 2. The molecule has 3 aromatic rings.